The van der Waals surface area contributed by atoms with Crippen LogP contribution in [0, 0.1) is 0 Å². The Bertz CT molecular complexity index is 350. The highest BCUT2D eigenvalue weighted by atomic mass is 15.2. The van der Waals surface area contributed by atoms with Gasteiger partial charge in [-0.3, -0.25) is 0 Å². The molecule has 19 heavy (non-hydrogen) atoms. The maximum absolute atomic E-state index is 3.37. The van der Waals surface area contributed by atoms with Gasteiger partial charge in [0.25, 0.3) is 0 Å². The molecular formula is C17H30N2. The van der Waals surface area contributed by atoms with Gasteiger partial charge in [-0.2, -0.15) is 0 Å². The summed E-state index contributed by atoms with van der Waals surface area (Å²) in [4.78, 5) is 2.59. The molecule has 0 aliphatic heterocycles. The topological polar surface area (TPSA) is 15.3 Å². The van der Waals surface area contributed by atoms with Gasteiger partial charge in [0.05, 0.1) is 0 Å². The number of benzene rings is 1. The lowest BCUT2D eigenvalue weighted by Crippen LogP contribution is -2.47. The predicted molar refractivity (Wildman–Crippen MR) is 84.7 cm³/mol. The summed E-state index contributed by atoms with van der Waals surface area (Å²) in [5.74, 6) is 0. The van der Waals surface area contributed by atoms with Crippen LogP contribution in [0.2, 0.25) is 0 Å². The van der Waals surface area contributed by atoms with Crippen LogP contribution >= 0.6 is 0 Å². The SMILES string of the molecule is CCC(C)N(CC)CC(C)(CNC)c1ccccc1. The van der Waals surface area contributed by atoms with Crippen molar-refractivity contribution in [2.75, 3.05) is 26.7 Å². The van der Waals surface area contributed by atoms with E-state index in [4.69, 9.17) is 0 Å². The molecule has 0 aliphatic carbocycles. The predicted octanol–water partition coefficient (Wildman–Crippen LogP) is 3.28. The van der Waals surface area contributed by atoms with Gasteiger partial charge in [0, 0.05) is 24.5 Å². The summed E-state index contributed by atoms with van der Waals surface area (Å²) < 4.78 is 0. The smallest absolute Gasteiger partial charge is 0.0177 e. The second-order valence-corrected chi connectivity index (χ2v) is 5.78. The number of likely N-dealkylation sites (N-methyl/N-ethyl adjacent to an activating group) is 2. The molecular weight excluding hydrogens is 232 g/mol. The minimum atomic E-state index is 0.162. The molecule has 0 heterocycles. The average Bonchev–Trinajstić information content (AvgIpc) is 2.45. The summed E-state index contributed by atoms with van der Waals surface area (Å²) in [6.45, 7) is 12.4. The van der Waals surface area contributed by atoms with Gasteiger partial charge < -0.3 is 10.2 Å². The Hall–Kier alpha value is -0.860. The van der Waals surface area contributed by atoms with E-state index in [0.717, 1.165) is 19.6 Å². The monoisotopic (exact) mass is 262 g/mol. The van der Waals surface area contributed by atoms with Gasteiger partial charge in [0.1, 0.15) is 0 Å². The zero-order valence-corrected chi connectivity index (χ0v) is 13.2. The molecule has 0 fully saturated rings. The van der Waals surface area contributed by atoms with E-state index >= 15 is 0 Å². The van der Waals surface area contributed by atoms with E-state index in [1.165, 1.54) is 12.0 Å². The number of hydrogen-bond acceptors (Lipinski definition) is 2. The van der Waals surface area contributed by atoms with Crippen molar-refractivity contribution in [3.8, 4) is 0 Å². The van der Waals surface area contributed by atoms with Crippen LogP contribution in [0.25, 0.3) is 0 Å². The van der Waals surface area contributed by atoms with Crippen molar-refractivity contribution in [1.29, 1.82) is 0 Å². The van der Waals surface area contributed by atoms with Crippen molar-refractivity contribution in [3.63, 3.8) is 0 Å². The van der Waals surface area contributed by atoms with Gasteiger partial charge >= 0.3 is 0 Å². The lowest BCUT2D eigenvalue weighted by molar-refractivity contribution is 0.168. The quantitative estimate of drug-likeness (QED) is 0.773. The van der Waals surface area contributed by atoms with Crippen LogP contribution in [-0.4, -0.2) is 37.6 Å². The van der Waals surface area contributed by atoms with Gasteiger partial charge in [-0.25, -0.2) is 0 Å². The average molecular weight is 262 g/mol. The van der Waals surface area contributed by atoms with Gasteiger partial charge in [0.15, 0.2) is 0 Å². The minimum absolute atomic E-state index is 0.162. The van der Waals surface area contributed by atoms with Crippen molar-refractivity contribution in [1.82, 2.24) is 10.2 Å². The Balaban J connectivity index is 2.93. The van der Waals surface area contributed by atoms with E-state index in [1.54, 1.807) is 0 Å². The Labute approximate surface area is 119 Å². The van der Waals surface area contributed by atoms with Crippen LogP contribution in [0.5, 0.6) is 0 Å². The molecule has 0 saturated carbocycles. The van der Waals surface area contributed by atoms with Crippen LogP contribution in [-0.2, 0) is 5.41 Å². The molecule has 2 nitrogen and oxygen atoms in total. The van der Waals surface area contributed by atoms with E-state index in [0.29, 0.717) is 6.04 Å². The summed E-state index contributed by atoms with van der Waals surface area (Å²) in [5, 5.41) is 3.37. The fourth-order valence-corrected chi connectivity index (χ4v) is 2.77. The van der Waals surface area contributed by atoms with Crippen LogP contribution < -0.4 is 5.32 Å². The molecule has 0 radical (unpaired) electrons. The lowest BCUT2D eigenvalue weighted by Gasteiger charge is -2.38. The fourth-order valence-electron chi connectivity index (χ4n) is 2.77. The third-order valence-corrected chi connectivity index (χ3v) is 4.21. The number of nitrogens with zero attached hydrogens (tertiary/aromatic N) is 1. The summed E-state index contributed by atoms with van der Waals surface area (Å²) in [7, 11) is 2.04. The molecule has 1 aromatic carbocycles. The molecule has 1 N–H and O–H groups in total. The Morgan fingerprint density at radius 3 is 2.32 bits per heavy atom. The van der Waals surface area contributed by atoms with Crippen molar-refractivity contribution in [3.05, 3.63) is 35.9 Å². The Morgan fingerprint density at radius 2 is 1.84 bits per heavy atom. The summed E-state index contributed by atoms with van der Waals surface area (Å²) in [6, 6.07) is 11.5. The first kappa shape index (κ1) is 16.2. The molecule has 2 atom stereocenters. The second-order valence-electron chi connectivity index (χ2n) is 5.78. The highest BCUT2D eigenvalue weighted by Crippen LogP contribution is 2.25. The lowest BCUT2D eigenvalue weighted by atomic mass is 9.81. The Morgan fingerprint density at radius 1 is 1.21 bits per heavy atom. The van der Waals surface area contributed by atoms with E-state index in [-0.39, 0.29) is 5.41 Å². The third-order valence-electron chi connectivity index (χ3n) is 4.21. The van der Waals surface area contributed by atoms with Crippen LogP contribution in [0.1, 0.15) is 39.7 Å². The third kappa shape index (κ3) is 4.32. The second kappa shape index (κ2) is 7.66. The first-order chi connectivity index (χ1) is 9.07. The molecule has 2 unspecified atom stereocenters. The molecule has 2 heteroatoms. The zero-order chi connectivity index (χ0) is 14.3. The van der Waals surface area contributed by atoms with Gasteiger partial charge in [-0.15, -0.1) is 0 Å². The summed E-state index contributed by atoms with van der Waals surface area (Å²) in [6.07, 6.45) is 1.21. The highest BCUT2D eigenvalue weighted by Gasteiger charge is 2.29. The van der Waals surface area contributed by atoms with Gasteiger partial charge in [-0.05, 0) is 32.5 Å². The molecule has 0 aromatic heterocycles. The molecule has 0 amide bonds. The molecule has 0 aliphatic rings. The van der Waals surface area contributed by atoms with Crippen LogP contribution in [0.4, 0.5) is 0 Å². The zero-order valence-electron chi connectivity index (χ0n) is 13.2. The standard InChI is InChI=1S/C17H30N2/c1-6-15(3)19(7-2)14-17(4,13-18-5)16-11-9-8-10-12-16/h8-12,15,18H,6-7,13-14H2,1-5H3. The molecule has 108 valence electrons. The van der Waals surface area contributed by atoms with Crippen molar-refractivity contribution in [2.24, 2.45) is 0 Å². The van der Waals surface area contributed by atoms with Crippen LogP contribution in [0.15, 0.2) is 30.3 Å². The van der Waals surface area contributed by atoms with E-state index in [2.05, 4.69) is 68.2 Å². The normalized spacial score (nSPS) is 16.3. The molecule has 1 rings (SSSR count). The minimum Gasteiger partial charge on any atom is -0.319 e. The van der Waals surface area contributed by atoms with Gasteiger partial charge in [-0.1, -0.05) is 51.1 Å². The van der Waals surface area contributed by atoms with E-state index < -0.39 is 0 Å². The van der Waals surface area contributed by atoms with Gasteiger partial charge in [0.2, 0.25) is 0 Å². The first-order valence-corrected chi connectivity index (χ1v) is 7.51. The maximum atomic E-state index is 3.37. The molecule has 0 bridgehead atoms. The maximum Gasteiger partial charge on any atom is 0.0177 e. The first-order valence-electron chi connectivity index (χ1n) is 7.51. The largest absolute Gasteiger partial charge is 0.319 e. The molecule has 0 spiro atoms. The summed E-state index contributed by atoms with van der Waals surface area (Å²) in [5.41, 5.74) is 1.58. The summed E-state index contributed by atoms with van der Waals surface area (Å²) >= 11 is 0. The molecule has 1 aromatic rings. The van der Waals surface area contributed by atoms with Crippen molar-refractivity contribution < 1.29 is 0 Å². The van der Waals surface area contributed by atoms with E-state index in [1.807, 2.05) is 7.05 Å². The van der Waals surface area contributed by atoms with Crippen molar-refractivity contribution >= 4 is 0 Å². The van der Waals surface area contributed by atoms with E-state index in [9.17, 15) is 0 Å². The van der Waals surface area contributed by atoms with Crippen molar-refractivity contribution in [2.45, 2.75) is 45.6 Å². The Kier molecular flexibility index (Phi) is 6.53. The van der Waals surface area contributed by atoms with Crippen LogP contribution in [0.3, 0.4) is 0 Å². The molecule has 0 saturated heterocycles. The fraction of sp³-hybridized carbons (Fsp3) is 0.647. The highest BCUT2D eigenvalue weighted by molar-refractivity contribution is 5.25. The number of nitrogens with one attached hydrogen (secondary N) is 1. The number of hydrogen-bond donors (Lipinski definition) is 1. The number of rotatable bonds is 8.